The van der Waals surface area contributed by atoms with Crippen molar-refractivity contribution >= 4 is 39.4 Å². The molecule has 0 spiro atoms. The highest BCUT2D eigenvalue weighted by atomic mass is 35.5. The van der Waals surface area contributed by atoms with Crippen LogP contribution in [0.1, 0.15) is 17.0 Å². The van der Waals surface area contributed by atoms with Gasteiger partial charge in [0, 0.05) is 10.6 Å². The Bertz CT molecular complexity index is 1370. The number of rotatable bonds is 1. The van der Waals surface area contributed by atoms with Gasteiger partial charge in [-0.1, -0.05) is 35.9 Å². The maximum Gasteiger partial charge on any atom is 0.205 e. The fraction of sp³-hybridized carbons (Fsp3) is 0.0455. The molecular weight excluding hydrogens is 386 g/mol. The molecule has 1 atom stereocenters. The van der Waals surface area contributed by atoms with Crippen molar-refractivity contribution in [1.29, 1.82) is 5.26 Å². The number of fused-ring (bicyclic) bond motifs is 4. The molecule has 4 aromatic rings. The van der Waals surface area contributed by atoms with Crippen LogP contribution in [0, 0.1) is 11.3 Å². The van der Waals surface area contributed by atoms with Crippen LogP contribution in [0.25, 0.3) is 22.1 Å². The zero-order chi connectivity index (χ0) is 20.1. The molecule has 3 aromatic carbocycles. The quantitative estimate of drug-likeness (QED) is 0.366. The van der Waals surface area contributed by atoms with E-state index in [4.69, 9.17) is 37.8 Å². The molecular formula is C22H14ClN5O. The molecule has 2 heterocycles. The number of hydrogen-bond acceptors (Lipinski definition) is 6. The van der Waals surface area contributed by atoms with E-state index in [-0.39, 0.29) is 5.88 Å². The molecule has 140 valence electrons. The summed E-state index contributed by atoms with van der Waals surface area (Å²) in [4.78, 5) is 9.53. The van der Waals surface area contributed by atoms with Gasteiger partial charge in [-0.3, -0.25) is 0 Å². The van der Waals surface area contributed by atoms with Crippen LogP contribution < -0.4 is 16.2 Å². The predicted octanol–water partition coefficient (Wildman–Crippen LogP) is 4.24. The van der Waals surface area contributed by atoms with Crippen LogP contribution >= 0.6 is 11.6 Å². The van der Waals surface area contributed by atoms with E-state index in [1.165, 1.54) is 0 Å². The van der Waals surface area contributed by atoms with Crippen molar-refractivity contribution in [3.05, 3.63) is 82.2 Å². The number of hydrogen-bond donors (Lipinski definition) is 2. The first-order valence-electron chi connectivity index (χ1n) is 8.88. The molecule has 29 heavy (non-hydrogen) atoms. The lowest BCUT2D eigenvalue weighted by Gasteiger charge is -2.28. The first-order valence-corrected chi connectivity index (χ1v) is 9.26. The van der Waals surface area contributed by atoms with Crippen molar-refractivity contribution in [3.63, 3.8) is 0 Å². The van der Waals surface area contributed by atoms with E-state index >= 15 is 0 Å². The van der Waals surface area contributed by atoms with Gasteiger partial charge in [-0.2, -0.15) is 5.26 Å². The number of anilines is 1. The maximum absolute atomic E-state index is 9.83. The van der Waals surface area contributed by atoms with Gasteiger partial charge in [-0.05, 0) is 35.9 Å². The molecule has 0 saturated heterocycles. The van der Waals surface area contributed by atoms with E-state index in [1.54, 1.807) is 18.2 Å². The maximum atomic E-state index is 9.83. The van der Waals surface area contributed by atoms with E-state index in [0.29, 0.717) is 38.6 Å². The van der Waals surface area contributed by atoms with Crippen molar-refractivity contribution in [2.75, 3.05) is 5.73 Å². The van der Waals surface area contributed by atoms with Crippen LogP contribution in [0.15, 0.2) is 66.1 Å². The minimum Gasteiger partial charge on any atom is -0.438 e. The standard InChI is InChI=1S/C22H14ClN5O/c23-12-7-5-11(6-8-12)18-13(10-24)22(26)29-21-14(25)9-17-20(19(18)21)28-16-4-2-1-3-15(16)27-17/h1-9,18H,25-26H2. The molecule has 0 radical (unpaired) electrons. The summed E-state index contributed by atoms with van der Waals surface area (Å²) in [7, 11) is 0. The Morgan fingerprint density at radius 3 is 2.34 bits per heavy atom. The first kappa shape index (κ1) is 17.3. The van der Waals surface area contributed by atoms with Crippen molar-refractivity contribution in [2.45, 2.75) is 5.92 Å². The third-order valence-electron chi connectivity index (χ3n) is 5.03. The molecule has 0 bridgehead atoms. The first-order chi connectivity index (χ1) is 14.1. The predicted molar refractivity (Wildman–Crippen MR) is 112 cm³/mol. The van der Waals surface area contributed by atoms with E-state index in [9.17, 15) is 5.26 Å². The molecule has 5 rings (SSSR count). The van der Waals surface area contributed by atoms with Crippen molar-refractivity contribution < 1.29 is 4.74 Å². The fourth-order valence-corrected chi connectivity index (χ4v) is 3.86. The lowest BCUT2D eigenvalue weighted by atomic mass is 9.82. The van der Waals surface area contributed by atoms with Crippen LogP contribution in [0.2, 0.25) is 5.02 Å². The normalized spacial score (nSPS) is 15.8. The molecule has 1 aromatic heterocycles. The number of halogens is 1. The van der Waals surface area contributed by atoms with Crippen LogP contribution in [-0.4, -0.2) is 9.97 Å². The van der Waals surface area contributed by atoms with Gasteiger partial charge in [0.25, 0.3) is 0 Å². The van der Waals surface area contributed by atoms with Gasteiger partial charge < -0.3 is 16.2 Å². The topological polar surface area (TPSA) is 111 Å². The molecule has 0 aliphatic carbocycles. The molecule has 7 heteroatoms. The molecule has 1 aliphatic rings. The van der Waals surface area contributed by atoms with Gasteiger partial charge in [-0.15, -0.1) is 0 Å². The third kappa shape index (κ3) is 2.64. The number of benzene rings is 3. The Morgan fingerprint density at radius 2 is 1.66 bits per heavy atom. The average Bonchev–Trinajstić information content (AvgIpc) is 2.72. The highest BCUT2D eigenvalue weighted by Gasteiger charge is 2.34. The number of nitrogen functional groups attached to an aromatic ring is 1. The minimum absolute atomic E-state index is 0.0275. The SMILES string of the molecule is N#CC1=C(N)Oc2c(N)cc3nc4ccccc4nc3c2C1c1ccc(Cl)cc1. The van der Waals surface area contributed by atoms with Gasteiger partial charge in [0.1, 0.15) is 11.6 Å². The Kier molecular flexibility index (Phi) is 3.79. The summed E-state index contributed by atoms with van der Waals surface area (Å²) in [6.07, 6.45) is 0. The number of para-hydroxylation sites is 2. The van der Waals surface area contributed by atoms with Crippen molar-refractivity contribution in [3.8, 4) is 11.8 Å². The number of nitriles is 1. The summed E-state index contributed by atoms with van der Waals surface area (Å²) in [6, 6.07) is 18.7. The lowest BCUT2D eigenvalue weighted by molar-refractivity contribution is 0.397. The average molecular weight is 400 g/mol. The summed E-state index contributed by atoms with van der Waals surface area (Å²) in [5.41, 5.74) is 17.3. The lowest BCUT2D eigenvalue weighted by Crippen LogP contribution is -2.22. The van der Waals surface area contributed by atoms with Crippen LogP contribution in [0.4, 0.5) is 5.69 Å². The summed E-state index contributed by atoms with van der Waals surface area (Å²) < 4.78 is 5.78. The van der Waals surface area contributed by atoms with E-state index < -0.39 is 5.92 Å². The number of aromatic nitrogens is 2. The second-order valence-corrected chi connectivity index (χ2v) is 7.20. The fourth-order valence-electron chi connectivity index (χ4n) is 3.73. The second kappa shape index (κ2) is 6.36. The summed E-state index contributed by atoms with van der Waals surface area (Å²) in [5, 5.41) is 10.4. The summed E-state index contributed by atoms with van der Waals surface area (Å²) >= 11 is 6.07. The van der Waals surface area contributed by atoms with Crippen LogP contribution in [-0.2, 0) is 0 Å². The Morgan fingerprint density at radius 1 is 0.966 bits per heavy atom. The molecule has 0 fully saturated rings. The van der Waals surface area contributed by atoms with E-state index in [2.05, 4.69) is 6.07 Å². The Balaban J connectivity index is 1.90. The molecule has 6 nitrogen and oxygen atoms in total. The molecule has 4 N–H and O–H groups in total. The highest BCUT2D eigenvalue weighted by molar-refractivity contribution is 6.30. The number of ether oxygens (including phenoxy) is 1. The molecule has 1 aliphatic heterocycles. The van der Waals surface area contributed by atoms with Crippen molar-refractivity contribution in [1.82, 2.24) is 9.97 Å². The zero-order valence-corrected chi connectivity index (χ0v) is 15.8. The van der Waals surface area contributed by atoms with Crippen molar-refractivity contribution in [2.24, 2.45) is 5.73 Å². The third-order valence-corrected chi connectivity index (χ3v) is 5.28. The minimum atomic E-state index is -0.498. The van der Waals surface area contributed by atoms with Gasteiger partial charge in [0.15, 0.2) is 5.75 Å². The summed E-state index contributed by atoms with van der Waals surface area (Å²) in [5.74, 6) is -0.0687. The van der Waals surface area contributed by atoms with E-state index in [1.807, 2.05) is 36.4 Å². The second-order valence-electron chi connectivity index (χ2n) is 6.77. The van der Waals surface area contributed by atoms with Crippen LogP contribution in [0.3, 0.4) is 0 Å². The molecule has 1 unspecified atom stereocenters. The Hall–Kier alpha value is -3.82. The number of allylic oxidation sites excluding steroid dienone is 1. The van der Waals surface area contributed by atoms with Crippen LogP contribution in [0.5, 0.6) is 5.75 Å². The monoisotopic (exact) mass is 399 g/mol. The van der Waals surface area contributed by atoms with E-state index in [0.717, 1.165) is 16.6 Å². The van der Waals surface area contributed by atoms with Gasteiger partial charge in [0.2, 0.25) is 5.88 Å². The smallest absolute Gasteiger partial charge is 0.205 e. The Labute approximate surface area is 171 Å². The zero-order valence-electron chi connectivity index (χ0n) is 15.1. The van der Waals surface area contributed by atoms with Gasteiger partial charge in [-0.25, -0.2) is 9.97 Å². The van der Waals surface area contributed by atoms with Gasteiger partial charge in [0.05, 0.1) is 33.7 Å². The molecule has 0 saturated carbocycles. The van der Waals surface area contributed by atoms with Gasteiger partial charge >= 0.3 is 0 Å². The molecule has 0 amide bonds. The summed E-state index contributed by atoms with van der Waals surface area (Å²) in [6.45, 7) is 0. The highest BCUT2D eigenvalue weighted by Crippen LogP contribution is 2.47. The number of nitrogens with two attached hydrogens (primary N) is 2. The largest absolute Gasteiger partial charge is 0.438 e. The number of nitrogens with zero attached hydrogens (tertiary/aromatic N) is 3.